The van der Waals surface area contributed by atoms with Gasteiger partial charge in [-0.1, -0.05) is 12.1 Å². The molecule has 0 unspecified atom stereocenters. The molecule has 1 aromatic carbocycles. The Morgan fingerprint density at radius 3 is 2.58 bits per heavy atom. The van der Waals surface area contributed by atoms with Crippen LogP contribution in [-0.2, 0) is 25.7 Å². The molecule has 0 N–H and O–H groups in total. The van der Waals surface area contributed by atoms with Gasteiger partial charge in [0.25, 0.3) is 5.56 Å². The third kappa shape index (κ3) is 2.79. The average molecular weight is 357 g/mol. The van der Waals surface area contributed by atoms with Crippen LogP contribution in [0.5, 0.6) is 0 Å². The molecular formula is C19H14F3N3O. The molecule has 4 nitrogen and oxygen atoms in total. The van der Waals surface area contributed by atoms with Gasteiger partial charge in [0.1, 0.15) is 5.65 Å². The lowest BCUT2D eigenvalue weighted by atomic mass is 10.00. The summed E-state index contributed by atoms with van der Waals surface area (Å²) in [5.41, 5.74) is 1.79. The summed E-state index contributed by atoms with van der Waals surface area (Å²) in [6.45, 7) is 0.466. The van der Waals surface area contributed by atoms with Crippen LogP contribution in [0.15, 0.2) is 52.4 Å². The number of benzene rings is 1. The molecular weight excluding hydrogens is 343 g/mol. The fraction of sp³-hybridized carbons (Fsp3) is 0.211. The van der Waals surface area contributed by atoms with E-state index < -0.39 is 11.7 Å². The maximum absolute atomic E-state index is 12.9. The SMILES string of the molecule is O=c1c2c(c3cccnc3n1Cc1ccc(C(F)(F)F)cc1)CC=NC2. The zero-order valence-corrected chi connectivity index (χ0v) is 13.6. The third-order valence-electron chi connectivity index (χ3n) is 4.53. The van der Waals surface area contributed by atoms with Crippen molar-refractivity contribution in [3.8, 4) is 0 Å². The van der Waals surface area contributed by atoms with E-state index in [1.807, 2.05) is 6.07 Å². The number of aromatic nitrogens is 2. The minimum atomic E-state index is -4.38. The van der Waals surface area contributed by atoms with Crippen LogP contribution in [0.2, 0.25) is 0 Å². The predicted molar refractivity (Wildman–Crippen MR) is 92.4 cm³/mol. The van der Waals surface area contributed by atoms with Crippen molar-refractivity contribution >= 4 is 17.2 Å². The Morgan fingerprint density at radius 1 is 1.08 bits per heavy atom. The van der Waals surface area contributed by atoms with E-state index in [2.05, 4.69) is 9.98 Å². The van der Waals surface area contributed by atoms with E-state index in [1.54, 1.807) is 18.5 Å². The first-order valence-corrected chi connectivity index (χ1v) is 8.09. The molecule has 0 aliphatic carbocycles. The maximum Gasteiger partial charge on any atom is 0.416 e. The molecule has 4 rings (SSSR count). The number of hydrogen-bond donors (Lipinski definition) is 0. The van der Waals surface area contributed by atoms with Crippen molar-refractivity contribution in [3.63, 3.8) is 0 Å². The molecule has 132 valence electrons. The second-order valence-corrected chi connectivity index (χ2v) is 6.15. The molecule has 3 heterocycles. The summed E-state index contributed by atoms with van der Waals surface area (Å²) in [6, 6.07) is 8.55. The highest BCUT2D eigenvalue weighted by molar-refractivity contribution is 5.84. The minimum absolute atomic E-state index is 0.154. The van der Waals surface area contributed by atoms with E-state index in [4.69, 9.17) is 0 Å². The molecule has 3 aromatic rings. The van der Waals surface area contributed by atoms with E-state index in [0.717, 1.165) is 23.1 Å². The van der Waals surface area contributed by atoms with Gasteiger partial charge in [0, 0.05) is 29.8 Å². The quantitative estimate of drug-likeness (QED) is 0.704. The standard InChI is InChI=1S/C19H14F3N3O/c20-19(21,22)13-5-3-12(4-6-13)11-25-17-15(2-1-8-24-17)14-7-9-23-10-16(14)18(25)26/h1-6,8-9H,7,10-11H2. The molecule has 0 radical (unpaired) electrons. The van der Waals surface area contributed by atoms with Crippen molar-refractivity contribution in [1.29, 1.82) is 0 Å². The van der Waals surface area contributed by atoms with Crippen LogP contribution in [0.1, 0.15) is 22.3 Å². The van der Waals surface area contributed by atoms with Crippen molar-refractivity contribution in [1.82, 2.24) is 9.55 Å². The topological polar surface area (TPSA) is 47.2 Å². The van der Waals surface area contributed by atoms with Crippen molar-refractivity contribution in [2.24, 2.45) is 4.99 Å². The summed E-state index contributed by atoms with van der Waals surface area (Å²) >= 11 is 0. The Labute approximate surface area is 146 Å². The molecule has 0 bridgehead atoms. The predicted octanol–water partition coefficient (Wildman–Crippen LogP) is 3.59. The Balaban J connectivity index is 1.82. The summed E-state index contributed by atoms with van der Waals surface area (Å²) in [6.07, 6.45) is -0.413. The monoisotopic (exact) mass is 357 g/mol. The van der Waals surface area contributed by atoms with Crippen LogP contribution < -0.4 is 5.56 Å². The normalized spacial score (nSPS) is 13.8. The van der Waals surface area contributed by atoms with Gasteiger partial charge in [0.15, 0.2) is 0 Å². The van der Waals surface area contributed by atoms with Gasteiger partial charge in [-0.15, -0.1) is 0 Å². The summed E-state index contributed by atoms with van der Waals surface area (Å²) < 4.78 is 39.7. The van der Waals surface area contributed by atoms with Gasteiger partial charge >= 0.3 is 6.18 Å². The summed E-state index contributed by atoms with van der Waals surface area (Å²) in [4.78, 5) is 21.5. The van der Waals surface area contributed by atoms with Gasteiger partial charge in [-0.3, -0.25) is 14.4 Å². The van der Waals surface area contributed by atoms with E-state index in [1.165, 1.54) is 16.7 Å². The summed E-state index contributed by atoms with van der Waals surface area (Å²) in [7, 11) is 0. The fourth-order valence-electron chi connectivity index (χ4n) is 3.23. The van der Waals surface area contributed by atoms with Crippen molar-refractivity contribution in [3.05, 3.63) is 75.2 Å². The lowest BCUT2D eigenvalue weighted by molar-refractivity contribution is -0.137. The lowest BCUT2D eigenvalue weighted by Crippen LogP contribution is -2.28. The third-order valence-corrected chi connectivity index (χ3v) is 4.53. The number of aliphatic imine (C=N–C) groups is 1. The molecule has 0 spiro atoms. The number of halogens is 3. The number of fused-ring (bicyclic) bond motifs is 3. The van der Waals surface area contributed by atoms with Gasteiger partial charge in [0.05, 0.1) is 18.7 Å². The highest BCUT2D eigenvalue weighted by atomic mass is 19.4. The molecule has 1 aliphatic rings. The van der Waals surface area contributed by atoms with E-state index in [0.29, 0.717) is 29.7 Å². The molecule has 7 heteroatoms. The van der Waals surface area contributed by atoms with Crippen molar-refractivity contribution in [2.75, 3.05) is 0 Å². The number of alkyl halides is 3. The van der Waals surface area contributed by atoms with Crippen LogP contribution in [0.25, 0.3) is 11.0 Å². The fourth-order valence-corrected chi connectivity index (χ4v) is 3.23. The van der Waals surface area contributed by atoms with Crippen LogP contribution in [0.3, 0.4) is 0 Å². The first kappa shape index (κ1) is 16.5. The van der Waals surface area contributed by atoms with Crippen molar-refractivity contribution < 1.29 is 13.2 Å². The Bertz CT molecular complexity index is 1070. The Morgan fingerprint density at radius 2 is 1.85 bits per heavy atom. The van der Waals surface area contributed by atoms with Gasteiger partial charge < -0.3 is 0 Å². The first-order valence-electron chi connectivity index (χ1n) is 8.09. The second kappa shape index (κ2) is 6.09. The molecule has 0 amide bonds. The highest BCUT2D eigenvalue weighted by Crippen LogP contribution is 2.29. The Kier molecular flexibility index (Phi) is 3.86. The van der Waals surface area contributed by atoms with Gasteiger partial charge in [-0.25, -0.2) is 4.98 Å². The zero-order chi connectivity index (χ0) is 18.3. The average Bonchev–Trinajstić information content (AvgIpc) is 2.65. The van der Waals surface area contributed by atoms with Gasteiger partial charge in [-0.2, -0.15) is 13.2 Å². The van der Waals surface area contributed by atoms with E-state index in [9.17, 15) is 18.0 Å². The zero-order valence-electron chi connectivity index (χ0n) is 13.6. The molecule has 0 saturated carbocycles. The number of pyridine rings is 2. The van der Waals surface area contributed by atoms with Crippen LogP contribution in [0.4, 0.5) is 13.2 Å². The number of hydrogen-bond acceptors (Lipinski definition) is 3. The van der Waals surface area contributed by atoms with Crippen LogP contribution in [-0.4, -0.2) is 15.8 Å². The summed E-state index contributed by atoms with van der Waals surface area (Å²) in [5, 5.41) is 0.875. The molecule has 2 aromatic heterocycles. The minimum Gasteiger partial charge on any atom is -0.292 e. The molecule has 0 fully saturated rings. The first-order chi connectivity index (χ1) is 12.4. The highest BCUT2D eigenvalue weighted by Gasteiger charge is 2.30. The van der Waals surface area contributed by atoms with E-state index in [-0.39, 0.29) is 12.1 Å². The number of nitrogens with zero attached hydrogens (tertiary/aromatic N) is 3. The van der Waals surface area contributed by atoms with Gasteiger partial charge in [-0.05, 0) is 35.4 Å². The lowest BCUT2D eigenvalue weighted by Gasteiger charge is -2.18. The number of rotatable bonds is 2. The molecule has 0 atom stereocenters. The smallest absolute Gasteiger partial charge is 0.292 e. The second-order valence-electron chi connectivity index (χ2n) is 6.15. The maximum atomic E-state index is 12.9. The van der Waals surface area contributed by atoms with Crippen molar-refractivity contribution in [2.45, 2.75) is 25.7 Å². The van der Waals surface area contributed by atoms with Crippen LogP contribution in [0, 0.1) is 0 Å². The molecule has 1 aliphatic heterocycles. The van der Waals surface area contributed by atoms with Gasteiger partial charge in [0.2, 0.25) is 0 Å². The summed E-state index contributed by atoms with van der Waals surface area (Å²) in [5.74, 6) is 0. The largest absolute Gasteiger partial charge is 0.416 e. The Hall–Kier alpha value is -2.96. The van der Waals surface area contributed by atoms with Crippen LogP contribution >= 0.6 is 0 Å². The molecule has 26 heavy (non-hydrogen) atoms. The van der Waals surface area contributed by atoms with E-state index >= 15 is 0 Å². The molecule has 0 saturated heterocycles.